The van der Waals surface area contributed by atoms with Crippen molar-refractivity contribution in [2.75, 3.05) is 19.6 Å². The zero-order chi connectivity index (χ0) is 18.1. The Morgan fingerprint density at radius 2 is 2.00 bits per heavy atom. The van der Waals surface area contributed by atoms with Crippen LogP contribution in [0, 0.1) is 19.7 Å². The average Bonchev–Trinajstić information content (AvgIpc) is 2.90. The van der Waals surface area contributed by atoms with Crippen molar-refractivity contribution in [1.82, 2.24) is 20.4 Å². The van der Waals surface area contributed by atoms with Gasteiger partial charge in [0.05, 0.1) is 5.69 Å². The summed E-state index contributed by atoms with van der Waals surface area (Å²) in [6, 6.07) is 8.96. The van der Waals surface area contributed by atoms with Crippen molar-refractivity contribution in [2.24, 2.45) is 4.99 Å². The number of halogens is 2. The van der Waals surface area contributed by atoms with Crippen LogP contribution in [0.4, 0.5) is 4.39 Å². The first-order chi connectivity index (χ1) is 12.1. The molecule has 26 heavy (non-hydrogen) atoms. The molecule has 2 N–H and O–H groups in total. The lowest BCUT2D eigenvalue weighted by atomic mass is 10.1. The molecule has 0 aliphatic heterocycles. The Labute approximate surface area is 172 Å². The first kappa shape index (κ1) is 22.4. The molecule has 5 nitrogen and oxygen atoms in total. The fraction of sp³-hybridized carbons (Fsp3) is 0.474. The number of guanidine groups is 1. The van der Waals surface area contributed by atoms with Crippen molar-refractivity contribution in [3.8, 4) is 0 Å². The van der Waals surface area contributed by atoms with E-state index in [0.29, 0.717) is 19.5 Å². The highest BCUT2D eigenvalue weighted by molar-refractivity contribution is 14.0. The summed E-state index contributed by atoms with van der Waals surface area (Å²) in [5, 5.41) is 10.9. The van der Waals surface area contributed by atoms with Gasteiger partial charge in [-0.1, -0.05) is 18.2 Å². The predicted octanol–water partition coefficient (Wildman–Crippen LogP) is 3.44. The maximum Gasteiger partial charge on any atom is 0.191 e. The van der Waals surface area contributed by atoms with Gasteiger partial charge in [0.1, 0.15) is 5.82 Å². The third kappa shape index (κ3) is 7.31. The first-order valence-corrected chi connectivity index (χ1v) is 8.86. The molecule has 0 amide bonds. The second-order valence-corrected chi connectivity index (χ2v) is 6.03. The fourth-order valence-corrected chi connectivity index (χ4v) is 2.67. The number of aliphatic imine (C=N–C) groups is 1. The zero-order valence-electron chi connectivity index (χ0n) is 15.8. The monoisotopic (exact) mass is 473 g/mol. The number of aromatic nitrogens is 2. The van der Waals surface area contributed by atoms with E-state index in [-0.39, 0.29) is 29.8 Å². The summed E-state index contributed by atoms with van der Waals surface area (Å²) in [6.07, 6.45) is 1.55. The summed E-state index contributed by atoms with van der Waals surface area (Å²) in [5.41, 5.74) is 2.94. The Balaban J connectivity index is 0.00000338. The Bertz CT molecular complexity index is 699. The highest BCUT2D eigenvalue weighted by Crippen LogP contribution is 2.06. The van der Waals surface area contributed by atoms with E-state index in [0.717, 1.165) is 36.7 Å². The number of benzene rings is 1. The standard InChI is InChI=1S/C19H28FN5.HI/c1-4-21-19(23-12-10-17-8-5-6-9-18(17)20)22-11-7-13-25-16(3)14-15(2)24-25;/h5-6,8-9,14H,4,7,10-13H2,1-3H3,(H2,21,22,23);1H. The smallest absolute Gasteiger partial charge is 0.191 e. The van der Waals surface area contributed by atoms with Crippen LogP contribution in [0.3, 0.4) is 0 Å². The third-order valence-electron chi connectivity index (χ3n) is 3.89. The van der Waals surface area contributed by atoms with Crippen molar-refractivity contribution < 1.29 is 4.39 Å². The van der Waals surface area contributed by atoms with Crippen molar-refractivity contribution in [1.29, 1.82) is 0 Å². The van der Waals surface area contributed by atoms with Gasteiger partial charge in [-0.05, 0) is 51.3 Å². The quantitative estimate of drug-likeness (QED) is 0.267. The van der Waals surface area contributed by atoms with Crippen molar-refractivity contribution in [3.05, 3.63) is 53.1 Å². The number of aryl methyl sites for hydroxylation is 3. The van der Waals surface area contributed by atoms with E-state index in [1.54, 1.807) is 6.07 Å². The second kappa shape index (κ2) is 11.9. The topological polar surface area (TPSA) is 54.2 Å². The summed E-state index contributed by atoms with van der Waals surface area (Å²) in [4.78, 5) is 4.58. The molecule has 1 aromatic carbocycles. The van der Waals surface area contributed by atoms with Crippen LogP contribution in [-0.4, -0.2) is 35.4 Å². The molecular formula is C19H29FIN5. The molecule has 0 radical (unpaired) electrons. The van der Waals surface area contributed by atoms with Crippen LogP contribution >= 0.6 is 24.0 Å². The molecule has 1 heterocycles. The highest BCUT2D eigenvalue weighted by atomic mass is 127. The van der Waals surface area contributed by atoms with E-state index in [2.05, 4.69) is 33.7 Å². The van der Waals surface area contributed by atoms with E-state index >= 15 is 0 Å². The molecule has 0 aliphatic rings. The minimum atomic E-state index is -0.156. The Morgan fingerprint density at radius 3 is 2.65 bits per heavy atom. The molecular weight excluding hydrogens is 444 g/mol. The van der Waals surface area contributed by atoms with E-state index in [9.17, 15) is 4.39 Å². The molecule has 0 saturated carbocycles. The van der Waals surface area contributed by atoms with Gasteiger partial charge in [0.15, 0.2) is 5.96 Å². The third-order valence-corrected chi connectivity index (χ3v) is 3.89. The molecule has 0 bridgehead atoms. The van der Waals surface area contributed by atoms with Crippen LogP contribution in [0.1, 0.15) is 30.3 Å². The SMILES string of the molecule is CCNC(=NCCCn1nc(C)cc1C)NCCc1ccccc1F.I. The molecule has 2 rings (SSSR count). The average molecular weight is 473 g/mol. The molecule has 144 valence electrons. The summed E-state index contributed by atoms with van der Waals surface area (Å²) < 4.78 is 15.6. The van der Waals surface area contributed by atoms with Gasteiger partial charge in [-0.25, -0.2) is 4.39 Å². The van der Waals surface area contributed by atoms with Crippen LogP contribution in [0.5, 0.6) is 0 Å². The van der Waals surface area contributed by atoms with Crippen molar-refractivity contribution in [3.63, 3.8) is 0 Å². The summed E-state index contributed by atoms with van der Waals surface area (Å²) >= 11 is 0. The van der Waals surface area contributed by atoms with Crippen LogP contribution in [0.2, 0.25) is 0 Å². The summed E-state index contributed by atoms with van der Waals surface area (Å²) in [5.74, 6) is 0.614. The normalized spacial score (nSPS) is 11.2. The highest BCUT2D eigenvalue weighted by Gasteiger charge is 2.03. The molecule has 7 heteroatoms. The lowest BCUT2D eigenvalue weighted by Gasteiger charge is -2.11. The lowest BCUT2D eigenvalue weighted by Crippen LogP contribution is -2.38. The van der Waals surface area contributed by atoms with E-state index in [1.807, 2.05) is 30.7 Å². The Morgan fingerprint density at radius 1 is 1.23 bits per heavy atom. The van der Waals surface area contributed by atoms with Crippen molar-refractivity contribution >= 4 is 29.9 Å². The first-order valence-electron chi connectivity index (χ1n) is 8.86. The van der Waals surface area contributed by atoms with Gasteiger partial charge in [-0.2, -0.15) is 5.10 Å². The minimum Gasteiger partial charge on any atom is -0.357 e. The van der Waals surface area contributed by atoms with Crippen LogP contribution in [0.15, 0.2) is 35.3 Å². The molecule has 0 unspecified atom stereocenters. The number of nitrogens with zero attached hydrogens (tertiary/aromatic N) is 3. The molecule has 2 aromatic rings. The van der Waals surface area contributed by atoms with Gasteiger partial charge < -0.3 is 10.6 Å². The number of hydrogen-bond acceptors (Lipinski definition) is 2. The van der Waals surface area contributed by atoms with Crippen LogP contribution in [0.25, 0.3) is 0 Å². The zero-order valence-corrected chi connectivity index (χ0v) is 18.1. The van der Waals surface area contributed by atoms with E-state index in [4.69, 9.17) is 0 Å². The number of rotatable bonds is 8. The van der Waals surface area contributed by atoms with Gasteiger partial charge in [0.25, 0.3) is 0 Å². The Kier molecular flexibility index (Phi) is 10.2. The van der Waals surface area contributed by atoms with E-state index < -0.39 is 0 Å². The fourth-order valence-electron chi connectivity index (χ4n) is 2.67. The molecule has 0 spiro atoms. The molecule has 0 saturated heterocycles. The van der Waals surface area contributed by atoms with Gasteiger partial charge in [-0.3, -0.25) is 9.67 Å². The van der Waals surface area contributed by atoms with Gasteiger partial charge in [0, 0.05) is 31.9 Å². The molecule has 0 fully saturated rings. The molecule has 0 aliphatic carbocycles. The van der Waals surface area contributed by atoms with E-state index in [1.165, 1.54) is 11.8 Å². The van der Waals surface area contributed by atoms with Gasteiger partial charge in [0.2, 0.25) is 0 Å². The summed E-state index contributed by atoms with van der Waals surface area (Å²) in [6.45, 7) is 9.12. The second-order valence-electron chi connectivity index (χ2n) is 6.03. The Hall–Kier alpha value is -1.64. The number of hydrogen-bond donors (Lipinski definition) is 2. The lowest BCUT2D eigenvalue weighted by molar-refractivity contribution is 0.567. The van der Waals surface area contributed by atoms with Gasteiger partial charge in [-0.15, -0.1) is 24.0 Å². The van der Waals surface area contributed by atoms with Crippen LogP contribution in [-0.2, 0) is 13.0 Å². The maximum absolute atomic E-state index is 13.6. The van der Waals surface area contributed by atoms with Gasteiger partial charge >= 0.3 is 0 Å². The van der Waals surface area contributed by atoms with Crippen LogP contribution < -0.4 is 10.6 Å². The molecule has 1 aromatic heterocycles. The summed E-state index contributed by atoms with van der Waals surface area (Å²) in [7, 11) is 0. The maximum atomic E-state index is 13.6. The molecule has 0 atom stereocenters. The minimum absolute atomic E-state index is 0. The largest absolute Gasteiger partial charge is 0.357 e. The number of nitrogens with one attached hydrogen (secondary N) is 2. The van der Waals surface area contributed by atoms with Crippen molar-refractivity contribution in [2.45, 2.75) is 40.2 Å². The predicted molar refractivity (Wildman–Crippen MR) is 116 cm³/mol.